The summed E-state index contributed by atoms with van der Waals surface area (Å²) in [5.74, 6) is 6.72. The number of carboxylic acids is 1. The molecule has 2 saturated carbocycles. The Morgan fingerprint density at radius 1 is 1.10 bits per heavy atom. The van der Waals surface area contributed by atoms with Crippen LogP contribution in [0.15, 0.2) is 11.6 Å². The summed E-state index contributed by atoms with van der Waals surface area (Å²) in [6.07, 6.45) is 15.4. The fourth-order valence-corrected chi connectivity index (χ4v) is 5.51. The molecule has 6 atom stereocenters. The lowest BCUT2D eigenvalue weighted by Crippen LogP contribution is -2.50. The van der Waals surface area contributed by atoms with E-state index < -0.39 is 18.2 Å². The van der Waals surface area contributed by atoms with Gasteiger partial charge < -0.3 is 15.3 Å². The second kappa shape index (κ2) is 14.0. The fraction of sp³-hybridized carbons (Fsp3) is 0.815. The molecular weight excluding hydrogens is 388 g/mol. The molecule has 0 saturated heterocycles. The maximum Gasteiger partial charge on any atom is 0.303 e. The smallest absolute Gasteiger partial charge is 0.303 e. The van der Waals surface area contributed by atoms with Gasteiger partial charge in [-0.1, -0.05) is 82.3 Å². The minimum atomic E-state index is -0.736. The lowest BCUT2D eigenvalue weighted by Gasteiger charge is -2.53. The van der Waals surface area contributed by atoms with Crippen LogP contribution >= 0.6 is 0 Å². The van der Waals surface area contributed by atoms with Gasteiger partial charge in [-0.25, -0.2) is 0 Å². The topological polar surface area (TPSA) is 77.8 Å². The van der Waals surface area contributed by atoms with Gasteiger partial charge in [-0.15, -0.1) is 0 Å². The summed E-state index contributed by atoms with van der Waals surface area (Å²) in [7, 11) is 0. The number of rotatable bonds is 13. The van der Waals surface area contributed by atoms with Crippen molar-refractivity contribution in [2.75, 3.05) is 0 Å². The minimum absolute atomic E-state index is 0.0573. The number of aliphatic carboxylic acids is 1. The maximum absolute atomic E-state index is 10.7. The molecule has 0 amide bonds. The average Bonchev–Trinajstić information content (AvgIpc) is 2.74. The molecule has 31 heavy (non-hydrogen) atoms. The van der Waals surface area contributed by atoms with Crippen molar-refractivity contribution >= 4 is 5.97 Å². The maximum atomic E-state index is 10.7. The summed E-state index contributed by atoms with van der Waals surface area (Å²) in [6.45, 7) is 4.44. The average molecular weight is 433 g/mol. The fourth-order valence-electron chi connectivity index (χ4n) is 5.51. The highest BCUT2D eigenvalue weighted by Gasteiger charge is 2.50. The van der Waals surface area contributed by atoms with Crippen molar-refractivity contribution in [2.24, 2.45) is 23.7 Å². The number of aliphatic hydroxyl groups is 2. The van der Waals surface area contributed by atoms with E-state index in [1.807, 2.05) is 0 Å². The van der Waals surface area contributed by atoms with Crippen molar-refractivity contribution in [3.05, 3.63) is 11.6 Å². The first-order valence-electron chi connectivity index (χ1n) is 12.7. The molecule has 0 spiro atoms. The van der Waals surface area contributed by atoms with Gasteiger partial charge in [0.15, 0.2) is 0 Å². The normalized spacial score (nSPS) is 29.5. The first-order valence-corrected chi connectivity index (χ1v) is 12.7. The van der Waals surface area contributed by atoms with Crippen LogP contribution in [0.4, 0.5) is 0 Å². The number of allylic oxidation sites excluding steroid dienone is 2. The van der Waals surface area contributed by atoms with E-state index in [-0.39, 0.29) is 12.3 Å². The highest BCUT2D eigenvalue weighted by molar-refractivity contribution is 5.66. The molecule has 0 aliphatic heterocycles. The molecule has 0 aromatic heterocycles. The minimum Gasteiger partial charge on any atom is -0.481 e. The SMILES string of the molecule is CCCCCCCCCCC(O)C#C[C@H]1[C@@H]2C(C)/C(=C/CCCC(=O)O)[C@@H]2CC[C@@H]1O. The highest BCUT2D eigenvalue weighted by atomic mass is 16.4. The molecule has 176 valence electrons. The molecule has 3 N–H and O–H groups in total. The molecule has 0 aromatic carbocycles. The van der Waals surface area contributed by atoms with Crippen molar-refractivity contribution in [2.45, 2.75) is 116 Å². The third-order valence-corrected chi connectivity index (χ3v) is 7.32. The van der Waals surface area contributed by atoms with Crippen molar-refractivity contribution in [3.8, 4) is 11.8 Å². The summed E-state index contributed by atoms with van der Waals surface area (Å²) in [5, 5.41) is 29.6. The Kier molecular flexibility index (Phi) is 11.7. The number of aliphatic hydroxyl groups excluding tert-OH is 2. The third-order valence-electron chi connectivity index (χ3n) is 7.32. The van der Waals surface area contributed by atoms with E-state index in [4.69, 9.17) is 5.11 Å². The molecule has 0 radical (unpaired) electrons. The number of hydrogen-bond donors (Lipinski definition) is 3. The van der Waals surface area contributed by atoms with Gasteiger partial charge in [-0.2, -0.15) is 0 Å². The number of unbranched alkanes of at least 4 members (excludes halogenated alkanes) is 8. The zero-order valence-corrected chi connectivity index (χ0v) is 19.7. The van der Waals surface area contributed by atoms with Crippen LogP contribution in [0.2, 0.25) is 0 Å². The highest BCUT2D eigenvalue weighted by Crippen LogP contribution is 2.55. The summed E-state index contributed by atoms with van der Waals surface area (Å²) in [5.41, 5.74) is 1.42. The molecule has 2 aliphatic rings. The van der Waals surface area contributed by atoms with Crippen LogP contribution in [0.1, 0.15) is 104 Å². The summed E-state index contributed by atoms with van der Waals surface area (Å²) < 4.78 is 0. The Balaban J connectivity index is 1.75. The quantitative estimate of drug-likeness (QED) is 0.198. The van der Waals surface area contributed by atoms with Crippen LogP contribution in [0.3, 0.4) is 0 Å². The van der Waals surface area contributed by atoms with Crippen molar-refractivity contribution in [1.82, 2.24) is 0 Å². The molecule has 0 bridgehead atoms. The van der Waals surface area contributed by atoms with Gasteiger partial charge in [0, 0.05) is 6.42 Å². The molecule has 4 heteroatoms. The molecule has 4 nitrogen and oxygen atoms in total. The molecule has 2 unspecified atom stereocenters. The Morgan fingerprint density at radius 2 is 1.77 bits per heavy atom. The van der Waals surface area contributed by atoms with E-state index in [0.717, 1.165) is 38.5 Å². The standard InChI is InChI=1S/C27H44O4/c1-3-4-5-6-7-8-9-10-13-21(28)16-17-24-25(29)19-18-23-22(20(2)27(23)24)14-11-12-15-26(30)31/h14,20-21,23-25,27-29H,3-13,15,18-19H2,1-2H3,(H,30,31)/b22-14-/t20?,21?,23-,24+,25-,27+/m0/s1. The molecule has 0 aromatic rings. The molecule has 2 fully saturated rings. The van der Waals surface area contributed by atoms with E-state index in [2.05, 4.69) is 31.8 Å². The van der Waals surface area contributed by atoms with Crippen LogP contribution in [-0.4, -0.2) is 33.5 Å². The predicted octanol–water partition coefficient (Wildman–Crippen LogP) is 5.72. The van der Waals surface area contributed by atoms with Crippen LogP contribution in [-0.2, 0) is 4.79 Å². The lowest BCUT2D eigenvalue weighted by atomic mass is 9.51. The van der Waals surface area contributed by atoms with Crippen molar-refractivity contribution in [3.63, 3.8) is 0 Å². The second-order valence-corrected chi connectivity index (χ2v) is 9.70. The molecule has 0 heterocycles. The number of carbonyl (C=O) groups is 1. The van der Waals surface area contributed by atoms with Gasteiger partial charge >= 0.3 is 5.97 Å². The van der Waals surface area contributed by atoms with Gasteiger partial charge in [0.1, 0.15) is 6.10 Å². The predicted molar refractivity (Wildman–Crippen MR) is 125 cm³/mol. The molecular formula is C27H44O4. The summed E-state index contributed by atoms with van der Waals surface area (Å²) in [6, 6.07) is 0. The number of fused-ring (bicyclic) bond motifs is 1. The largest absolute Gasteiger partial charge is 0.481 e. The second-order valence-electron chi connectivity index (χ2n) is 9.70. The third kappa shape index (κ3) is 8.28. The number of hydrogen-bond acceptors (Lipinski definition) is 3. The van der Waals surface area contributed by atoms with Crippen LogP contribution in [0, 0.1) is 35.5 Å². The van der Waals surface area contributed by atoms with Crippen LogP contribution < -0.4 is 0 Å². The van der Waals surface area contributed by atoms with Gasteiger partial charge in [0.2, 0.25) is 0 Å². The van der Waals surface area contributed by atoms with E-state index in [0.29, 0.717) is 24.2 Å². The zero-order valence-electron chi connectivity index (χ0n) is 19.7. The first kappa shape index (κ1) is 25.9. The van der Waals surface area contributed by atoms with E-state index in [9.17, 15) is 15.0 Å². The Morgan fingerprint density at radius 3 is 2.45 bits per heavy atom. The van der Waals surface area contributed by atoms with E-state index in [1.165, 1.54) is 44.1 Å². The van der Waals surface area contributed by atoms with Crippen LogP contribution in [0.5, 0.6) is 0 Å². The van der Waals surface area contributed by atoms with Gasteiger partial charge in [-0.05, 0) is 56.3 Å². The van der Waals surface area contributed by atoms with Crippen LogP contribution in [0.25, 0.3) is 0 Å². The Bertz CT molecular complexity index is 629. The van der Waals surface area contributed by atoms with Gasteiger partial charge in [-0.3, -0.25) is 4.79 Å². The summed E-state index contributed by atoms with van der Waals surface area (Å²) >= 11 is 0. The molecule has 2 rings (SSSR count). The molecule has 2 aliphatic carbocycles. The Labute approximate surface area is 189 Å². The number of carboxylic acid groups (broad SMARTS) is 1. The van der Waals surface area contributed by atoms with E-state index in [1.54, 1.807) is 0 Å². The lowest BCUT2D eigenvalue weighted by molar-refractivity contribution is -0.137. The zero-order chi connectivity index (χ0) is 22.6. The van der Waals surface area contributed by atoms with E-state index >= 15 is 0 Å². The van der Waals surface area contributed by atoms with Gasteiger partial charge in [0.05, 0.1) is 12.0 Å². The summed E-state index contributed by atoms with van der Waals surface area (Å²) in [4.78, 5) is 10.7. The monoisotopic (exact) mass is 432 g/mol. The van der Waals surface area contributed by atoms with Crippen molar-refractivity contribution < 1.29 is 20.1 Å². The van der Waals surface area contributed by atoms with Gasteiger partial charge in [0.25, 0.3) is 0 Å². The first-order chi connectivity index (χ1) is 15.0. The Hall–Kier alpha value is -1.31. The van der Waals surface area contributed by atoms with Crippen molar-refractivity contribution in [1.29, 1.82) is 0 Å².